The standard InChI is InChI=1S/C6H7NO/c8-6-7-4-2-1-3-5-7/h1-5H,6H2. The van der Waals surface area contributed by atoms with Gasteiger partial charge in [-0.3, -0.25) is 0 Å². The molecule has 0 N–H and O–H groups in total. The molecule has 1 heterocycles. The summed E-state index contributed by atoms with van der Waals surface area (Å²) in [6, 6.07) is 5.54. The zero-order valence-electron chi connectivity index (χ0n) is 4.45. The van der Waals surface area contributed by atoms with E-state index in [4.69, 9.17) is 0 Å². The van der Waals surface area contributed by atoms with Crippen LogP contribution in [-0.4, -0.2) is 0 Å². The lowest BCUT2D eigenvalue weighted by Crippen LogP contribution is -2.39. The first kappa shape index (κ1) is 5.25. The molecule has 0 amide bonds. The molecule has 0 fully saturated rings. The summed E-state index contributed by atoms with van der Waals surface area (Å²) in [5.41, 5.74) is 0. The number of hydrogen-bond acceptors (Lipinski definition) is 1. The average Bonchev–Trinajstić information content (AvgIpc) is 1.90. The van der Waals surface area contributed by atoms with Crippen molar-refractivity contribution in [3.63, 3.8) is 0 Å². The van der Waals surface area contributed by atoms with Crippen molar-refractivity contribution < 1.29 is 9.67 Å². The molecule has 0 aliphatic carbocycles. The van der Waals surface area contributed by atoms with Crippen LogP contribution < -0.4 is 9.67 Å². The minimum Gasteiger partial charge on any atom is -0.801 e. The Bertz CT molecular complexity index is 150. The van der Waals surface area contributed by atoms with E-state index in [2.05, 4.69) is 0 Å². The summed E-state index contributed by atoms with van der Waals surface area (Å²) in [5, 5.41) is 10.1. The highest BCUT2D eigenvalue weighted by atomic mass is 16.3. The molecule has 8 heavy (non-hydrogen) atoms. The Morgan fingerprint density at radius 3 is 2.12 bits per heavy atom. The third-order valence-corrected chi connectivity index (χ3v) is 0.926. The molecule has 42 valence electrons. The van der Waals surface area contributed by atoms with E-state index in [1.54, 1.807) is 17.0 Å². The summed E-state index contributed by atoms with van der Waals surface area (Å²) in [6.45, 7) is -0.194. The topological polar surface area (TPSA) is 26.9 Å². The lowest BCUT2D eigenvalue weighted by atomic mass is 10.5. The second-order valence-electron chi connectivity index (χ2n) is 1.52. The maximum atomic E-state index is 10.1. The molecule has 0 atom stereocenters. The zero-order chi connectivity index (χ0) is 5.82. The highest BCUT2D eigenvalue weighted by Gasteiger charge is 1.82. The van der Waals surface area contributed by atoms with Crippen LogP contribution in [0.15, 0.2) is 30.6 Å². The number of pyridine rings is 1. The van der Waals surface area contributed by atoms with Gasteiger partial charge in [0, 0.05) is 12.1 Å². The third kappa shape index (κ3) is 1.04. The SMILES string of the molecule is [O-]C[n+]1ccccc1. The first-order chi connectivity index (χ1) is 3.93. The largest absolute Gasteiger partial charge is 0.801 e. The summed E-state index contributed by atoms with van der Waals surface area (Å²) in [4.78, 5) is 0. The molecule has 2 heteroatoms. The second-order valence-corrected chi connectivity index (χ2v) is 1.52. The molecule has 0 aliphatic heterocycles. The number of aromatic nitrogens is 1. The van der Waals surface area contributed by atoms with E-state index in [0.29, 0.717) is 0 Å². The Balaban J connectivity index is 2.83. The van der Waals surface area contributed by atoms with Crippen LogP contribution in [0.25, 0.3) is 0 Å². The van der Waals surface area contributed by atoms with Crippen molar-refractivity contribution >= 4 is 0 Å². The molecule has 0 radical (unpaired) electrons. The van der Waals surface area contributed by atoms with Gasteiger partial charge in [-0.25, -0.2) is 4.57 Å². The summed E-state index contributed by atoms with van der Waals surface area (Å²) in [7, 11) is 0. The van der Waals surface area contributed by atoms with E-state index in [1.807, 2.05) is 18.2 Å². The maximum absolute atomic E-state index is 10.1. The summed E-state index contributed by atoms with van der Waals surface area (Å²) in [6.07, 6.45) is 3.49. The van der Waals surface area contributed by atoms with Crippen molar-refractivity contribution in [1.29, 1.82) is 0 Å². The van der Waals surface area contributed by atoms with Gasteiger partial charge in [-0.15, -0.1) is 0 Å². The second kappa shape index (κ2) is 2.43. The highest BCUT2D eigenvalue weighted by molar-refractivity contribution is 4.83. The fraction of sp³-hybridized carbons (Fsp3) is 0.167. The van der Waals surface area contributed by atoms with Gasteiger partial charge in [0.1, 0.15) is 0 Å². The first-order valence-electron chi connectivity index (χ1n) is 2.45. The molecule has 0 aliphatic rings. The van der Waals surface area contributed by atoms with E-state index >= 15 is 0 Å². The molecular formula is C6H7NO. The predicted octanol–water partition coefficient (Wildman–Crippen LogP) is -0.708. The van der Waals surface area contributed by atoms with Crippen molar-refractivity contribution in [3.05, 3.63) is 30.6 Å². The molecule has 1 aromatic rings. The van der Waals surface area contributed by atoms with Crippen LogP contribution in [0.3, 0.4) is 0 Å². The minimum atomic E-state index is -0.194. The molecule has 0 saturated heterocycles. The quantitative estimate of drug-likeness (QED) is 0.438. The van der Waals surface area contributed by atoms with Gasteiger partial charge in [0.2, 0.25) is 0 Å². The fourth-order valence-corrected chi connectivity index (χ4v) is 0.520. The monoisotopic (exact) mass is 109 g/mol. The summed E-state index contributed by atoms with van der Waals surface area (Å²) < 4.78 is 1.57. The van der Waals surface area contributed by atoms with Crippen LogP contribution in [-0.2, 0) is 6.73 Å². The molecule has 1 rings (SSSR count). The van der Waals surface area contributed by atoms with E-state index in [-0.39, 0.29) is 6.73 Å². The maximum Gasteiger partial charge on any atom is 0.167 e. The minimum absolute atomic E-state index is 0.194. The molecule has 0 saturated carbocycles. The first-order valence-corrected chi connectivity index (χ1v) is 2.45. The lowest BCUT2D eigenvalue weighted by molar-refractivity contribution is -0.815. The molecular weight excluding hydrogens is 102 g/mol. The van der Waals surface area contributed by atoms with Crippen molar-refractivity contribution in [2.45, 2.75) is 6.73 Å². The number of hydrogen-bond donors (Lipinski definition) is 0. The van der Waals surface area contributed by atoms with Crippen molar-refractivity contribution in [3.8, 4) is 0 Å². The molecule has 0 bridgehead atoms. The third-order valence-electron chi connectivity index (χ3n) is 0.926. The Hall–Kier alpha value is -0.890. The molecule has 0 spiro atoms. The Kier molecular flexibility index (Phi) is 1.59. The van der Waals surface area contributed by atoms with Crippen molar-refractivity contribution in [2.75, 3.05) is 0 Å². The smallest absolute Gasteiger partial charge is 0.167 e. The average molecular weight is 109 g/mol. The van der Waals surface area contributed by atoms with E-state index in [0.717, 1.165) is 0 Å². The van der Waals surface area contributed by atoms with Crippen LogP contribution in [0, 0.1) is 0 Å². The van der Waals surface area contributed by atoms with Gasteiger partial charge in [-0.05, 0) is 0 Å². The van der Waals surface area contributed by atoms with Gasteiger partial charge >= 0.3 is 0 Å². The summed E-state index contributed by atoms with van der Waals surface area (Å²) >= 11 is 0. The van der Waals surface area contributed by atoms with Gasteiger partial charge in [0.15, 0.2) is 12.4 Å². The van der Waals surface area contributed by atoms with Gasteiger partial charge < -0.3 is 5.11 Å². The van der Waals surface area contributed by atoms with E-state index in [1.165, 1.54) is 0 Å². The predicted molar refractivity (Wildman–Crippen MR) is 26.6 cm³/mol. The lowest BCUT2D eigenvalue weighted by Gasteiger charge is -1.94. The normalized spacial score (nSPS) is 9.12. The molecule has 0 unspecified atom stereocenters. The van der Waals surface area contributed by atoms with Crippen LogP contribution in [0.2, 0.25) is 0 Å². The molecule has 0 aromatic carbocycles. The van der Waals surface area contributed by atoms with Crippen molar-refractivity contribution in [2.24, 2.45) is 0 Å². The van der Waals surface area contributed by atoms with Crippen LogP contribution in [0.1, 0.15) is 0 Å². The highest BCUT2D eigenvalue weighted by Crippen LogP contribution is 1.72. The van der Waals surface area contributed by atoms with Crippen molar-refractivity contribution in [1.82, 2.24) is 0 Å². The van der Waals surface area contributed by atoms with Gasteiger partial charge in [0.05, 0.1) is 6.73 Å². The van der Waals surface area contributed by atoms with E-state index in [9.17, 15) is 5.11 Å². The molecule has 1 aromatic heterocycles. The zero-order valence-corrected chi connectivity index (χ0v) is 4.45. The van der Waals surface area contributed by atoms with Crippen LogP contribution >= 0.6 is 0 Å². The Morgan fingerprint density at radius 2 is 1.75 bits per heavy atom. The van der Waals surface area contributed by atoms with Crippen LogP contribution in [0.5, 0.6) is 0 Å². The fourth-order valence-electron chi connectivity index (χ4n) is 0.520. The number of rotatable bonds is 1. The Morgan fingerprint density at radius 1 is 1.12 bits per heavy atom. The van der Waals surface area contributed by atoms with Crippen LogP contribution in [0.4, 0.5) is 0 Å². The number of nitrogens with zero attached hydrogens (tertiary/aromatic N) is 1. The summed E-state index contributed by atoms with van der Waals surface area (Å²) in [5.74, 6) is 0. The van der Waals surface area contributed by atoms with Gasteiger partial charge in [-0.2, -0.15) is 0 Å². The van der Waals surface area contributed by atoms with Gasteiger partial charge in [-0.1, -0.05) is 6.07 Å². The molecule has 2 nitrogen and oxygen atoms in total. The van der Waals surface area contributed by atoms with E-state index < -0.39 is 0 Å². The van der Waals surface area contributed by atoms with Gasteiger partial charge in [0.25, 0.3) is 0 Å². The Labute approximate surface area is 48.0 Å².